The molecule has 1 aromatic rings. The molecule has 0 radical (unpaired) electrons. The summed E-state index contributed by atoms with van der Waals surface area (Å²) in [5, 5.41) is 11.5. The number of carbonyl (C=O) groups excluding carboxylic acids is 1. The highest BCUT2D eigenvalue weighted by atomic mass is 32.2. The van der Waals surface area contributed by atoms with E-state index in [-0.39, 0.29) is 16.9 Å². The lowest BCUT2D eigenvalue weighted by atomic mass is 10.3. The summed E-state index contributed by atoms with van der Waals surface area (Å²) in [7, 11) is 0. The zero-order valence-electron chi connectivity index (χ0n) is 9.10. The number of carbonyl (C=O) groups is 1. The largest absolute Gasteiger partial charge is 0.466 e. The van der Waals surface area contributed by atoms with E-state index in [1.165, 1.54) is 23.5 Å². The van der Waals surface area contributed by atoms with Crippen molar-refractivity contribution in [2.24, 2.45) is 0 Å². The maximum atomic E-state index is 11.8. The highest BCUT2D eigenvalue weighted by molar-refractivity contribution is 8.22. The number of hydrogen-bond donors (Lipinski definition) is 1. The maximum absolute atomic E-state index is 11.8. The van der Waals surface area contributed by atoms with Crippen LogP contribution in [-0.4, -0.2) is 11.7 Å². The Morgan fingerprint density at radius 3 is 3.12 bits per heavy atom. The Morgan fingerprint density at radius 2 is 2.53 bits per heavy atom. The van der Waals surface area contributed by atoms with Gasteiger partial charge in [0.05, 0.1) is 10.5 Å². The molecule has 2 heterocycles. The van der Waals surface area contributed by atoms with Crippen LogP contribution in [0.4, 0.5) is 0 Å². The van der Waals surface area contributed by atoms with Gasteiger partial charge in [0, 0.05) is 0 Å². The highest BCUT2D eigenvalue weighted by Gasteiger charge is 2.30. The molecule has 6 heteroatoms. The first-order chi connectivity index (χ1) is 8.26. The number of thioether (sulfide) groups is 2. The van der Waals surface area contributed by atoms with E-state index in [4.69, 9.17) is 9.68 Å². The van der Waals surface area contributed by atoms with Crippen molar-refractivity contribution in [3.8, 4) is 6.07 Å². The molecule has 1 amide bonds. The molecule has 4 nitrogen and oxygen atoms in total. The van der Waals surface area contributed by atoms with E-state index in [2.05, 4.69) is 5.32 Å². The van der Waals surface area contributed by atoms with Crippen molar-refractivity contribution in [2.45, 2.75) is 12.3 Å². The summed E-state index contributed by atoms with van der Waals surface area (Å²) in [6.45, 7) is 1.99. The number of nitriles is 1. The molecule has 0 aromatic carbocycles. The van der Waals surface area contributed by atoms with Crippen molar-refractivity contribution in [3.05, 3.63) is 34.0 Å². The topological polar surface area (TPSA) is 66.0 Å². The molecule has 0 bridgehead atoms. The standard InChI is InChI=1S/C11H10N2O2S2/c1-2-16-11-7(6-12)9(14)13-10(17-11)8-4-3-5-15-8/h3-5,10H,2H2,1H3,(H,13,14). The van der Waals surface area contributed by atoms with Gasteiger partial charge in [-0.2, -0.15) is 5.26 Å². The predicted molar refractivity (Wildman–Crippen MR) is 68.0 cm³/mol. The van der Waals surface area contributed by atoms with Crippen molar-refractivity contribution < 1.29 is 9.21 Å². The Morgan fingerprint density at radius 1 is 1.71 bits per heavy atom. The van der Waals surface area contributed by atoms with Gasteiger partial charge in [-0.25, -0.2) is 0 Å². The van der Waals surface area contributed by atoms with Gasteiger partial charge in [-0.15, -0.1) is 11.8 Å². The van der Waals surface area contributed by atoms with Crippen LogP contribution in [0.1, 0.15) is 18.1 Å². The molecule has 1 atom stereocenters. The summed E-state index contributed by atoms with van der Waals surface area (Å²) >= 11 is 2.95. The average Bonchev–Trinajstić information content (AvgIpc) is 2.82. The molecule has 1 N–H and O–H groups in total. The fraction of sp³-hybridized carbons (Fsp3) is 0.273. The van der Waals surface area contributed by atoms with Gasteiger partial charge in [-0.1, -0.05) is 18.7 Å². The minimum absolute atomic E-state index is 0.199. The van der Waals surface area contributed by atoms with Crippen molar-refractivity contribution in [2.75, 3.05) is 5.75 Å². The zero-order valence-corrected chi connectivity index (χ0v) is 10.7. The van der Waals surface area contributed by atoms with Crippen molar-refractivity contribution in [1.29, 1.82) is 5.26 Å². The Labute approximate surface area is 107 Å². The van der Waals surface area contributed by atoms with Crippen LogP contribution in [-0.2, 0) is 4.79 Å². The molecule has 0 spiro atoms. The fourth-order valence-electron chi connectivity index (χ4n) is 1.38. The molecule has 1 aliphatic heterocycles. The molecule has 2 rings (SSSR count). The van der Waals surface area contributed by atoms with Crippen molar-refractivity contribution in [1.82, 2.24) is 5.32 Å². The summed E-state index contributed by atoms with van der Waals surface area (Å²) < 4.78 is 6.03. The molecular formula is C11H10N2O2S2. The molecule has 0 aliphatic carbocycles. The molecule has 0 saturated heterocycles. The molecule has 88 valence electrons. The normalized spacial score (nSPS) is 20.0. The Hall–Kier alpha value is -1.32. The minimum Gasteiger partial charge on any atom is -0.466 e. The van der Waals surface area contributed by atoms with Gasteiger partial charge in [0.15, 0.2) is 0 Å². The van der Waals surface area contributed by atoms with Crippen molar-refractivity contribution >= 4 is 29.4 Å². The lowest BCUT2D eigenvalue weighted by molar-refractivity contribution is -0.117. The quantitative estimate of drug-likeness (QED) is 0.911. The monoisotopic (exact) mass is 266 g/mol. The second-order valence-corrected chi connectivity index (χ2v) is 5.84. The molecule has 1 aromatic heterocycles. The lowest BCUT2D eigenvalue weighted by Crippen LogP contribution is -2.31. The number of amides is 1. The van der Waals surface area contributed by atoms with E-state index in [1.807, 2.05) is 19.1 Å². The minimum atomic E-state index is -0.330. The second-order valence-electron chi connectivity index (χ2n) is 3.19. The first-order valence-electron chi connectivity index (χ1n) is 5.04. The van der Waals surface area contributed by atoms with Crippen LogP contribution in [0, 0.1) is 11.3 Å². The van der Waals surface area contributed by atoms with Crippen LogP contribution < -0.4 is 5.32 Å². The highest BCUT2D eigenvalue weighted by Crippen LogP contribution is 2.43. The van der Waals surface area contributed by atoms with Gasteiger partial charge in [-0.3, -0.25) is 4.79 Å². The van der Waals surface area contributed by atoms with Gasteiger partial charge in [0.25, 0.3) is 5.91 Å². The third-order valence-electron chi connectivity index (χ3n) is 2.11. The van der Waals surface area contributed by atoms with Crippen LogP contribution in [0.5, 0.6) is 0 Å². The summed E-state index contributed by atoms with van der Waals surface area (Å²) in [6, 6.07) is 5.53. The molecular weight excluding hydrogens is 256 g/mol. The van der Waals surface area contributed by atoms with Crippen molar-refractivity contribution in [3.63, 3.8) is 0 Å². The smallest absolute Gasteiger partial charge is 0.264 e. The van der Waals surface area contributed by atoms with Crippen LogP contribution in [0.3, 0.4) is 0 Å². The van der Waals surface area contributed by atoms with E-state index in [0.717, 1.165) is 9.99 Å². The first-order valence-corrected chi connectivity index (χ1v) is 6.91. The lowest BCUT2D eigenvalue weighted by Gasteiger charge is -2.22. The first kappa shape index (κ1) is 12.1. The van der Waals surface area contributed by atoms with E-state index in [9.17, 15) is 4.79 Å². The summed E-state index contributed by atoms with van der Waals surface area (Å²) in [4.78, 5) is 11.8. The third-order valence-corrected chi connectivity index (χ3v) is 4.51. The SMILES string of the molecule is CCSC1=C(C#N)C(=O)NC(c2ccco2)S1. The second kappa shape index (κ2) is 5.34. The summed E-state index contributed by atoms with van der Waals surface area (Å²) in [6.07, 6.45) is 1.57. The van der Waals surface area contributed by atoms with Gasteiger partial charge in [-0.05, 0) is 17.9 Å². The fourth-order valence-corrected chi connectivity index (χ4v) is 3.73. The van der Waals surface area contributed by atoms with Gasteiger partial charge in [0.1, 0.15) is 22.8 Å². The van der Waals surface area contributed by atoms with Crippen LogP contribution in [0.15, 0.2) is 32.6 Å². The van der Waals surface area contributed by atoms with Gasteiger partial charge in [0.2, 0.25) is 0 Å². The molecule has 0 fully saturated rings. The number of furan rings is 1. The average molecular weight is 266 g/mol. The van der Waals surface area contributed by atoms with E-state index < -0.39 is 0 Å². The molecule has 1 aliphatic rings. The third kappa shape index (κ3) is 2.51. The number of nitrogens with one attached hydrogen (secondary N) is 1. The predicted octanol–water partition coefficient (Wildman–Crippen LogP) is 2.63. The molecule has 17 heavy (non-hydrogen) atoms. The van der Waals surface area contributed by atoms with E-state index in [0.29, 0.717) is 5.76 Å². The number of nitrogens with zero attached hydrogens (tertiary/aromatic N) is 1. The van der Waals surface area contributed by atoms with E-state index >= 15 is 0 Å². The molecule has 1 unspecified atom stereocenters. The number of rotatable bonds is 3. The Kier molecular flexibility index (Phi) is 3.82. The summed E-state index contributed by atoms with van der Waals surface area (Å²) in [5.74, 6) is 1.18. The summed E-state index contributed by atoms with van der Waals surface area (Å²) in [5.41, 5.74) is 0.199. The maximum Gasteiger partial charge on any atom is 0.264 e. The van der Waals surface area contributed by atoms with Crippen LogP contribution in [0.2, 0.25) is 0 Å². The zero-order chi connectivity index (χ0) is 12.3. The Balaban J connectivity index is 2.28. The van der Waals surface area contributed by atoms with Gasteiger partial charge >= 0.3 is 0 Å². The van der Waals surface area contributed by atoms with E-state index in [1.54, 1.807) is 12.3 Å². The van der Waals surface area contributed by atoms with Crippen LogP contribution in [0.25, 0.3) is 0 Å². The number of hydrogen-bond acceptors (Lipinski definition) is 5. The Bertz CT molecular complexity index is 488. The van der Waals surface area contributed by atoms with Crippen LogP contribution >= 0.6 is 23.5 Å². The van der Waals surface area contributed by atoms with Gasteiger partial charge < -0.3 is 9.73 Å². The molecule has 0 saturated carbocycles.